The van der Waals surface area contributed by atoms with Crippen molar-refractivity contribution in [1.29, 1.82) is 0 Å². The average Bonchev–Trinajstić information content (AvgIpc) is 2.69. The molecule has 1 aliphatic carbocycles. The highest BCUT2D eigenvalue weighted by atomic mass is 32.2. The van der Waals surface area contributed by atoms with Gasteiger partial charge in [0.1, 0.15) is 0 Å². The predicted octanol–water partition coefficient (Wildman–Crippen LogP) is 1.68. The highest BCUT2D eigenvalue weighted by molar-refractivity contribution is 7.99. The van der Waals surface area contributed by atoms with Crippen LogP contribution in [0.2, 0.25) is 0 Å². The molecular formula is C14H21NO3S. The number of amides is 1. The van der Waals surface area contributed by atoms with Crippen molar-refractivity contribution < 1.29 is 14.3 Å². The Morgan fingerprint density at radius 3 is 2.32 bits per heavy atom. The topological polar surface area (TPSA) is 46.6 Å². The lowest BCUT2D eigenvalue weighted by atomic mass is 9.66. The quantitative estimate of drug-likeness (QED) is 0.687. The molecule has 3 aliphatic rings. The van der Waals surface area contributed by atoms with Crippen molar-refractivity contribution in [2.24, 2.45) is 10.8 Å². The van der Waals surface area contributed by atoms with Crippen molar-refractivity contribution in [3.8, 4) is 0 Å². The number of nitrogens with zero attached hydrogens (tertiary/aromatic N) is 1. The van der Waals surface area contributed by atoms with Gasteiger partial charge in [-0.2, -0.15) is 11.8 Å². The minimum Gasteiger partial charge on any atom is -0.448 e. The van der Waals surface area contributed by atoms with Gasteiger partial charge >= 0.3 is 5.97 Å². The molecule has 2 heterocycles. The van der Waals surface area contributed by atoms with Crippen molar-refractivity contribution in [1.82, 2.24) is 4.90 Å². The monoisotopic (exact) mass is 283 g/mol. The van der Waals surface area contributed by atoms with Crippen LogP contribution in [-0.2, 0) is 14.3 Å². The van der Waals surface area contributed by atoms with Gasteiger partial charge in [0.05, 0.1) is 5.41 Å². The summed E-state index contributed by atoms with van der Waals surface area (Å²) in [5.74, 6) is 1.80. The van der Waals surface area contributed by atoms with Crippen LogP contribution in [0.1, 0.15) is 33.6 Å². The zero-order chi connectivity index (χ0) is 13.9. The van der Waals surface area contributed by atoms with Gasteiger partial charge in [0.15, 0.2) is 5.60 Å². The first-order valence-corrected chi connectivity index (χ1v) is 8.11. The zero-order valence-electron chi connectivity index (χ0n) is 11.8. The average molecular weight is 283 g/mol. The summed E-state index contributed by atoms with van der Waals surface area (Å²) in [5, 5.41) is 0. The summed E-state index contributed by atoms with van der Waals surface area (Å²) in [6, 6.07) is 0. The summed E-state index contributed by atoms with van der Waals surface area (Å²) >= 11 is 1.87. The van der Waals surface area contributed by atoms with Gasteiger partial charge in [0.25, 0.3) is 5.91 Å². The van der Waals surface area contributed by atoms with Gasteiger partial charge in [-0.25, -0.2) is 0 Å². The molecule has 0 spiro atoms. The second-order valence-corrected chi connectivity index (χ2v) is 7.80. The van der Waals surface area contributed by atoms with Gasteiger partial charge in [-0.3, -0.25) is 9.59 Å². The van der Waals surface area contributed by atoms with Crippen LogP contribution in [0.15, 0.2) is 0 Å². The SMILES string of the molecule is CC1(C)[C@@]2(C)CC[C@@]1(C(=O)N1CCSCC1)OC2=O. The Kier molecular flexibility index (Phi) is 2.73. The maximum atomic E-state index is 12.9. The van der Waals surface area contributed by atoms with E-state index in [-0.39, 0.29) is 11.9 Å². The number of esters is 1. The van der Waals surface area contributed by atoms with Crippen molar-refractivity contribution in [3.63, 3.8) is 0 Å². The third-order valence-electron chi connectivity index (χ3n) is 5.73. The van der Waals surface area contributed by atoms with Crippen molar-refractivity contribution in [2.75, 3.05) is 24.6 Å². The molecule has 106 valence electrons. The number of carbonyl (C=O) groups is 2. The van der Waals surface area contributed by atoms with E-state index in [0.717, 1.165) is 31.0 Å². The minimum absolute atomic E-state index is 0.0346. The normalized spacial score (nSPS) is 40.4. The molecule has 0 aromatic carbocycles. The van der Waals surface area contributed by atoms with Gasteiger partial charge in [-0.1, -0.05) is 13.8 Å². The zero-order valence-corrected chi connectivity index (χ0v) is 12.6. The molecule has 1 amide bonds. The molecule has 0 N–H and O–H groups in total. The molecule has 3 rings (SSSR count). The fraction of sp³-hybridized carbons (Fsp3) is 0.857. The Morgan fingerprint density at radius 1 is 1.21 bits per heavy atom. The number of ether oxygens (including phenoxy) is 1. The number of hydrogen-bond donors (Lipinski definition) is 0. The van der Waals surface area contributed by atoms with E-state index in [1.165, 1.54) is 0 Å². The number of hydrogen-bond acceptors (Lipinski definition) is 4. The van der Waals surface area contributed by atoms with Crippen LogP contribution in [0.3, 0.4) is 0 Å². The van der Waals surface area contributed by atoms with Gasteiger partial charge in [-0.05, 0) is 19.8 Å². The molecule has 19 heavy (non-hydrogen) atoms. The number of thioether (sulfide) groups is 1. The maximum absolute atomic E-state index is 12.9. The second kappa shape index (κ2) is 3.90. The minimum atomic E-state index is -0.916. The van der Waals surface area contributed by atoms with Crippen molar-refractivity contribution in [2.45, 2.75) is 39.2 Å². The molecule has 2 bridgehead atoms. The number of fused-ring (bicyclic) bond motifs is 2. The standard InChI is InChI=1S/C14H21NO3S/c1-12(2)13(3)4-5-14(12,18-11(13)17)10(16)15-6-8-19-9-7-15/h4-9H2,1-3H3/t13-,14-/m0/s1. The molecule has 5 heteroatoms. The van der Waals surface area contributed by atoms with Gasteiger partial charge < -0.3 is 9.64 Å². The lowest BCUT2D eigenvalue weighted by Gasteiger charge is -2.40. The first kappa shape index (κ1) is 13.3. The van der Waals surface area contributed by atoms with E-state index in [4.69, 9.17) is 4.74 Å². The van der Waals surface area contributed by atoms with Gasteiger partial charge in [-0.15, -0.1) is 0 Å². The highest BCUT2D eigenvalue weighted by Gasteiger charge is 2.76. The Bertz CT molecular complexity index is 444. The van der Waals surface area contributed by atoms with E-state index in [1.54, 1.807) is 0 Å². The van der Waals surface area contributed by atoms with Crippen LogP contribution in [-0.4, -0.2) is 47.0 Å². The Labute approximate surface area is 118 Å². The van der Waals surface area contributed by atoms with Gasteiger partial charge in [0, 0.05) is 30.0 Å². The van der Waals surface area contributed by atoms with Crippen LogP contribution in [0.5, 0.6) is 0 Å². The van der Waals surface area contributed by atoms with E-state index in [0.29, 0.717) is 6.42 Å². The first-order chi connectivity index (χ1) is 8.85. The Morgan fingerprint density at radius 2 is 1.84 bits per heavy atom. The largest absolute Gasteiger partial charge is 0.448 e. The molecular weight excluding hydrogens is 262 g/mol. The Balaban J connectivity index is 1.95. The molecule has 0 unspecified atom stereocenters. The summed E-state index contributed by atoms with van der Waals surface area (Å²) in [7, 11) is 0. The third kappa shape index (κ3) is 1.42. The highest BCUT2D eigenvalue weighted by Crippen LogP contribution is 2.65. The van der Waals surface area contributed by atoms with Crippen molar-refractivity contribution >= 4 is 23.6 Å². The van der Waals surface area contributed by atoms with Crippen molar-refractivity contribution in [3.05, 3.63) is 0 Å². The van der Waals surface area contributed by atoms with E-state index in [2.05, 4.69) is 0 Å². The lowest BCUT2D eigenvalue weighted by molar-refractivity contribution is -0.173. The molecule has 0 aromatic heterocycles. The fourth-order valence-electron chi connectivity index (χ4n) is 3.74. The Hall–Kier alpha value is -0.710. The maximum Gasteiger partial charge on any atom is 0.313 e. The molecule has 4 nitrogen and oxygen atoms in total. The molecule has 0 radical (unpaired) electrons. The third-order valence-corrected chi connectivity index (χ3v) is 6.67. The van der Waals surface area contributed by atoms with Gasteiger partial charge in [0.2, 0.25) is 0 Å². The van der Waals surface area contributed by atoms with E-state index in [1.807, 2.05) is 37.4 Å². The van der Waals surface area contributed by atoms with E-state index in [9.17, 15) is 9.59 Å². The van der Waals surface area contributed by atoms with Crippen LogP contribution < -0.4 is 0 Å². The summed E-state index contributed by atoms with van der Waals surface area (Å²) in [5.41, 5.74) is -1.84. The van der Waals surface area contributed by atoms with Crippen LogP contribution in [0, 0.1) is 10.8 Å². The summed E-state index contributed by atoms with van der Waals surface area (Å²) in [6.07, 6.45) is 1.43. The van der Waals surface area contributed by atoms with Crippen LogP contribution >= 0.6 is 11.8 Å². The van der Waals surface area contributed by atoms with Crippen LogP contribution in [0.25, 0.3) is 0 Å². The van der Waals surface area contributed by atoms with E-state index < -0.39 is 16.4 Å². The number of carbonyl (C=O) groups excluding carboxylic acids is 2. The molecule has 2 atom stereocenters. The van der Waals surface area contributed by atoms with Crippen LogP contribution in [0.4, 0.5) is 0 Å². The summed E-state index contributed by atoms with van der Waals surface area (Å²) in [4.78, 5) is 27.0. The van der Waals surface area contributed by atoms with E-state index >= 15 is 0 Å². The fourth-order valence-corrected chi connectivity index (χ4v) is 4.65. The summed E-state index contributed by atoms with van der Waals surface area (Å²) < 4.78 is 5.64. The first-order valence-electron chi connectivity index (χ1n) is 6.96. The molecule has 1 saturated carbocycles. The molecule has 3 fully saturated rings. The predicted molar refractivity (Wildman–Crippen MR) is 73.9 cm³/mol. The summed E-state index contributed by atoms with van der Waals surface area (Å²) in [6.45, 7) is 7.53. The molecule has 2 aliphatic heterocycles. The smallest absolute Gasteiger partial charge is 0.313 e. The molecule has 2 saturated heterocycles. The molecule has 0 aromatic rings. The number of rotatable bonds is 1. The second-order valence-electron chi connectivity index (χ2n) is 6.58. The lowest BCUT2D eigenvalue weighted by Crippen LogP contribution is -2.56.